The molecular weight excluding hydrogens is 642 g/mol. The summed E-state index contributed by atoms with van der Waals surface area (Å²) in [6.07, 6.45) is -1.00. The molecule has 0 unspecified atom stereocenters. The molecule has 2 aromatic carbocycles. The Balaban J connectivity index is 1.86. The van der Waals surface area contributed by atoms with Crippen molar-refractivity contribution in [3.8, 4) is 34.8 Å². The molecule has 254 valence electrons. The van der Waals surface area contributed by atoms with E-state index in [2.05, 4.69) is 50.8 Å². The van der Waals surface area contributed by atoms with E-state index in [1.807, 2.05) is 0 Å². The van der Waals surface area contributed by atoms with Crippen molar-refractivity contribution < 1.29 is 47.0 Å². The van der Waals surface area contributed by atoms with Gasteiger partial charge in [-0.15, -0.1) is 0 Å². The second kappa shape index (κ2) is 14.2. The van der Waals surface area contributed by atoms with Crippen molar-refractivity contribution in [1.82, 2.24) is 9.78 Å². The first-order chi connectivity index (χ1) is 22.7. The fraction of sp³-hybridized carbons (Fsp3) is 0.364. The first-order valence-corrected chi connectivity index (χ1v) is 17.6. The lowest BCUT2D eigenvalue weighted by Gasteiger charge is -2.35. The predicted molar refractivity (Wildman–Crippen MR) is 177 cm³/mol. The van der Waals surface area contributed by atoms with Crippen molar-refractivity contribution in [3.63, 3.8) is 0 Å². The molecule has 0 amide bonds. The summed E-state index contributed by atoms with van der Waals surface area (Å²) in [5, 5.41) is 15.7. The van der Waals surface area contributed by atoms with E-state index in [1.54, 1.807) is 12.1 Å². The number of furan rings is 1. The third-order valence-corrected chi connectivity index (χ3v) is 12.5. The summed E-state index contributed by atoms with van der Waals surface area (Å²) in [5.41, 5.74) is 0.433. The van der Waals surface area contributed by atoms with Crippen LogP contribution in [0.25, 0.3) is 10.9 Å². The van der Waals surface area contributed by atoms with Gasteiger partial charge in [0.2, 0.25) is 11.5 Å². The molecule has 14 nitrogen and oxygen atoms in total. The number of nitro groups is 1. The number of ether oxygens (including phenoxy) is 5. The highest BCUT2D eigenvalue weighted by Crippen LogP contribution is 2.40. The van der Waals surface area contributed by atoms with Crippen LogP contribution in [0.5, 0.6) is 23.0 Å². The summed E-state index contributed by atoms with van der Waals surface area (Å²) in [7, 11) is 3.62. The van der Waals surface area contributed by atoms with Crippen LogP contribution < -0.4 is 18.9 Å². The summed E-state index contributed by atoms with van der Waals surface area (Å²) in [6, 6.07) is 8.60. The van der Waals surface area contributed by atoms with Gasteiger partial charge in [0.25, 0.3) is 0 Å². The summed E-state index contributed by atoms with van der Waals surface area (Å²) in [6.45, 7) is 10.2. The maximum absolute atomic E-state index is 14.1. The van der Waals surface area contributed by atoms with Crippen LogP contribution in [0.4, 0.5) is 10.7 Å². The number of fused-ring (bicyclic) bond motifs is 1. The van der Waals surface area contributed by atoms with E-state index in [0.29, 0.717) is 5.75 Å². The third kappa shape index (κ3) is 7.14. The maximum atomic E-state index is 14.1. The van der Waals surface area contributed by atoms with Crippen molar-refractivity contribution in [2.45, 2.75) is 45.5 Å². The zero-order valence-electron chi connectivity index (χ0n) is 28.2. The normalized spacial score (nSPS) is 11.4. The summed E-state index contributed by atoms with van der Waals surface area (Å²) < 4.78 is 39.5. The minimum Gasteiger partial charge on any atom is -0.495 e. The van der Waals surface area contributed by atoms with Crippen molar-refractivity contribution in [1.29, 1.82) is 0 Å². The Morgan fingerprint density at radius 3 is 2.17 bits per heavy atom. The second-order valence-electron chi connectivity index (χ2n) is 11.9. The Bertz CT molecular complexity index is 1900. The van der Waals surface area contributed by atoms with Crippen molar-refractivity contribution in [3.05, 3.63) is 69.1 Å². The van der Waals surface area contributed by atoms with E-state index < -0.39 is 37.6 Å². The predicted octanol–water partition coefficient (Wildman–Crippen LogP) is 6.36. The Morgan fingerprint density at radius 2 is 1.62 bits per heavy atom. The monoisotopic (exact) mass is 679 g/mol. The SMILES string of the molecule is COc1cc(C(=O)c2nn(C(=O)OCc3ccc([N+](=O)[O-])o3)c3c(C#CCO[Si](C)(C)C(C)(C)C)c(OC)ccc23)cc(OC)c1OC. The van der Waals surface area contributed by atoms with E-state index in [-0.39, 0.29) is 62.4 Å². The van der Waals surface area contributed by atoms with Gasteiger partial charge in [0.05, 0.1) is 46.7 Å². The van der Waals surface area contributed by atoms with Crippen LogP contribution in [0.1, 0.15) is 48.1 Å². The molecule has 0 radical (unpaired) electrons. The Kier molecular flexibility index (Phi) is 10.5. The summed E-state index contributed by atoms with van der Waals surface area (Å²) >= 11 is 0. The van der Waals surface area contributed by atoms with Gasteiger partial charge < -0.3 is 32.5 Å². The smallest absolute Gasteiger partial charge is 0.435 e. The number of aromatic nitrogens is 2. The van der Waals surface area contributed by atoms with E-state index >= 15 is 0 Å². The molecule has 0 atom stereocenters. The molecule has 2 heterocycles. The van der Waals surface area contributed by atoms with Crippen LogP contribution in [-0.4, -0.2) is 69.9 Å². The average molecular weight is 680 g/mol. The van der Waals surface area contributed by atoms with E-state index in [1.165, 1.54) is 46.6 Å². The molecule has 0 bridgehead atoms. The van der Waals surface area contributed by atoms with Crippen LogP contribution in [-0.2, 0) is 15.8 Å². The molecule has 0 spiro atoms. The zero-order chi connectivity index (χ0) is 35.4. The van der Waals surface area contributed by atoms with Gasteiger partial charge in [0.15, 0.2) is 26.4 Å². The molecule has 15 heteroatoms. The highest BCUT2D eigenvalue weighted by Gasteiger charge is 2.37. The zero-order valence-corrected chi connectivity index (χ0v) is 29.2. The van der Waals surface area contributed by atoms with Crippen LogP contribution in [0.15, 0.2) is 40.8 Å². The fourth-order valence-electron chi connectivity index (χ4n) is 4.42. The number of nitrogens with zero attached hydrogens (tertiary/aromatic N) is 3. The molecule has 0 aliphatic carbocycles. The van der Waals surface area contributed by atoms with Gasteiger partial charge in [-0.1, -0.05) is 32.6 Å². The Hall–Kier alpha value is -5.33. The molecular formula is C33H37N3O11Si. The van der Waals surface area contributed by atoms with Gasteiger partial charge in [0, 0.05) is 10.9 Å². The van der Waals surface area contributed by atoms with Crippen molar-refractivity contribution >= 4 is 37.0 Å². The van der Waals surface area contributed by atoms with Gasteiger partial charge in [-0.25, -0.2) is 4.79 Å². The minimum absolute atomic E-state index is 0.0283. The van der Waals surface area contributed by atoms with E-state index in [0.717, 1.165) is 10.7 Å². The van der Waals surface area contributed by atoms with Crippen LogP contribution >= 0.6 is 0 Å². The van der Waals surface area contributed by atoms with Crippen LogP contribution in [0.3, 0.4) is 0 Å². The Labute approximate surface area is 278 Å². The van der Waals surface area contributed by atoms with Gasteiger partial charge in [-0.2, -0.15) is 9.78 Å². The summed E-state index contributed by atoms with van der Waals surface area (Å²) in [5.74, 6) is 6.11. The number of benzene rings is 2. The standard InChI is InChI=1S/C33H37N3O11Si/c1-33(2,3)48(8,9)46-16-10-11-22-24(41-4)14-13-23-28(30(37)20-17-25(42-5)31(44-7)26(18-20)43-6)34-35(29(22)23)32(38)45-19-21-12-15-27(47-21)36(39)40/h12-15,17-18H,16,19H2,1-9H3. The average Bonchev–Trinajstić information content (AvgIpc) is 3.69. The number of carbonyl (C=O) groups excluding carboxylic acids is 2. The van der Waals surface area contributed by atoms with Gasteiger partial charge in [0.1, 0.15) is 27.6 Å². The molecule has 0 aliphatic heterocycles. The molecule has 0 N–H and O–H groups in total. The maximum Gasteiger partial charge on any atom is 0.435 e. The number of methoxy groups -OCH3 is 4. The number of hydrogen-bond donors (Lipinski definition) is 0. The van der Waals surface area contributed by atoms with Crippen molar-refractivity contribution in [2.24, 2.45) is 0 Å². The van der Waals surface area contributed by atoms with Gasteiger partial charge in [-0.3, -0.25) is 14.9 Å². The molecule has 0 fully saturated rings. The second-order valence-corrected chi connectivity index (χ2v) is 16.8. The molecule has 4 aromatic rings. The molecule has 48 heavy (non-hydrogen) atoms. The molecule has 0 saturated carbocycles. The lowest BCUT2D eigenvalue weighted by Crippen LogP contribution is -2.40. The number of ketones is 1. The van der Waals surface area contributed by atoms with E-state index in [9.17, 15) is 19.7 Å². The van der Waals surface area contributed by atoms with Crippen LogP contribution in [0.2, 0.25) is 18.1 Å². The Morgan fingerprint density at radius 1 is 0.979 bits per heavy atom. The number of carbonyl (C=O) groups is 2. The van der Waals surface area contributed by atoms with Gasteiger partial charge in [-0.05, 0) is 48.5 Å². The lowest BCUT2D eigenvalue weighted by molar-refractivity contribution is -0.402. The van der Waals surface area contributed by atoms with Crippen LogP contribution in [0, 0.1) is 22.0 Å². The number of hydrogen-bond acceptors (Lipinski definition) is 12. The quantitative estimate of drug-likeness (QED) is 0.0567. The minimum atomic E-state index is -2.12. The third-order valence-electron chi connectivity index (χ3n) is 8.03. The first kappa shape index (κ1) is 35.5. The topological polar surface area (TPSA) is 164 Å². The largest absolute Gasteiger partial charge is 0.495 e. The van der Waals surface area contributed by atoms with E-state index in [4.69, 9.17) is 32.5 Å². The highest BCUT2D eigenvalue weighted by molar-refractivity contribution is 6.74. The molecule has 0 saturated heterocycles. The fourth-order valence-corrected chi connectivity index (χ4v) is 5.29. The lowest BCUT2D eigenvalue weighted by atomic mass is 10.0. The summed E-state index contributed by atoms with van der Waals surface area (Å²) in [4.78, 5) is 38.0. The van der Waals surface area contributed by atoms with Crippen molar-refractivity contribution in [2.75, 3.05) is 35.0 Å². The van der Waals surface area contributed by atoms with Gasteiger partial charge >= 0.3 is 12.0 Å². The molecule has 4 rings (SSSR count). The first-order valence-electron chi connectivity index (χ1n) is 14.6. The number of rotatable bonds is 11. The highest BCUT2D eigenvalue weighted by atomic mass is 28.4. The molecule has 0 aliphatic rings. The molecule has 2 aromatic heterocycles.